The second kappa shape index (κ2) is 5.51. The molecular weight excluding hydrogens is 199 g/mol. The van der Waals surface area contributed by atoms with Crippen LogP contribution in [0, 0.1) is 11.8 Å². The highest BCUT2D eigenvalue weighted by atomic mass is 19.1. The van der Waals surface area contributed by atoms with Crippen LogP contribution in [0.4, 0.5) is 4.39 Å². The van der Waals surface area contributed by atoms with Crippen molar-refractivity contribution in [3.05, 3.63) is 0 Å². The Morgan fingerprint density at radius 1 is 1.00 bits per heavy atom. The van der Waals surface area contributed by atoms with E-state index in [1.807, 2.05) is 0 Å². The van der Waals surface area contributed by atoms with Crippen LogP contribution < -0.4 is 0 Å². The molecule has 2 rings (SSSR count). The van der Waals surface area contributed by atoms with Crippen molar-refractivity contribution in [2.75, 3.05) is 0 Å². The van der Waals surface area contributed by atoms with Gasteiger partial charge in [0.25, 0.3) is 0 Å². The van der Waals surface area contributed by atoms with E-state index >= 15 is 0 Å². The molecule has 2 saturated carbocycles. The van der Waals surface area contributed by atoms with E-state index in [0.29, 0.717) is 5.92 Å². The molecule has 0 aromatic carbocycles. The molecule has 0 radical (unpaired) electrons. The van der Waals surface area contributed by atoms with E-state index in [2.05, 4.69) is 6.92 Å². The van der Waals surface area contributed by atoms with Gasteiger partial charge in [0.05, 0.1) is 0 Å². The summed E-state index contributed by atoms with van der Waals surface area (Å²) in [4.78, 5) is 0. The van der Waals surface area contributed by atoms with Crippen LogP contribution >= 0.6 is 0 Å². The molecule has 94 valence electrons. The Kier molecular flexibility index (Phi) is 4.27. The molecule has 0 aliphatic heterocycles. The molecule has 1 heteroatoms. The normalized spacial score (nSPS) is 34.9. The first-order valence-corrected chi connectivity index (χ1v) is 7.43. The third kappa shape index (κ3) is 2.78. The Morgan fingerprint density at radius 2 is 1.62 bits per heavy atom. The van der Waals surface area contributed by atoms with Crippen LogP contribution in [-0.4, -0.2) is 5.67 Å². The highest BCUT2D eigenvalue weighted by Gasteiger charge is 2.41. The summed E-state index contributed by atoms with van der Waals surface area (Å²) in [5.74, 6) is 1.31. The fraction of sp³-hybridized carbons (Fsp3) is 1.00. The van der Waals surface area contributed by atoms with Gasteiger partial charge in [0.2, 0.25) is 0 Å². The van der Waals surface area contributed by atoms with E-state index in [1.54, 1.807) is 0 Å². The minimum Gasteiger partial charge on any atom is -0.244 e. The largest absolute Gasteiger partial charge is 0.244 e. The first-order chi connectivity index (χ1) is 7.74. The molecule has 0 bridgehead atoms. The van der Waals surface area contributed by atoms with E-state index in [1.165, 1.54) is 44.9 Å². The van der Waals surface area contributed by atoms with E-state index in [4.69, 9.17) is 0 Å². The summed E-state index contributed by atoms with van der Waals surface area (Å²) in [6.07, 6.45) is 12.8. The Labute approximate surface area is 100 Å². The zero-order valence-corrected chi connectivity index (χ0v) is 10.8. The lowest BCUT2D eigenvalue weighted by atomic mass is 9.68. The van der Waals surface area contributed by atoms with E-state index in [9.17, 15) is 4.39 Å². The lowest BCUT2D eigenvalue weighted by Crippen LogP contribution is -2.37. The summed E-state index contributed by atoms with van der Waals surface area (Å²) in [5.41, 5.74) is -0.768. The molecule has 0 nitrogen and oxygen atoms in total. The summed E-state index contributed by atoms with van der Waals surface area (Å²) in [5, 5.41) is 0. The molecule has 0 heterocycles. The summed E-state index contributed by atoms with van der Waals surface area (Å²) in [6, 6.07) is 0. The minimum absolute atomic E-state index is 0.404. The Balaban J connectivity index is 1.83. The molecule has 0 aromatic heterocycles. The highest BCUT2D eigenvalue weighted by molar-refractivity contribution is 4.92. The van der Waals surface area contributed by atoms with E-state index < -0.39 is 5.67 Å². The zero-order valence-electron chi connectivity index (χ0n) is 10.8. The first-order valence-electron chi connectivity index (χ1n) is 7.43. The fourth-order valence-electron chi connectivity index (χ4n) is 3.92. The minimum atomic E-state index is -0.768. The molecule has 0 aromatic rings. The van der Waals surface area contributed by atoms with Crippen LogP contribution in [0.25, 0.3) is 0 Å². The zero-order chi connectivity index (χ0) is 11.4. The van der Waals surface area contributed by atoms with Crippen molar-refractivity contribution in [3.63, 3.8) is 0 Å². The first kappa shape index (κ1) is 12.4. The number of hydrogen-bond donors (Lipinski definition) is 0. The molecule has 16 heavy (non-hydrogen) atoms. The lowest BCUT2D eigenvalue weighted by molar-refractivity contribution is 0.0110. The van der Waals surface area contributed by atoms with Gasteiger partial charge >= 0.3 is 0 Å². The van der Waals surface area contributed by atoms with Crippen LogP contribution in [0.1, 0.15) is 77.6 Å². The molecular formula is C15H27F. The van der Waals surface area contributed by atoms with Gasteiger partial charge in [-0.15, -0.1) is 0 Å². The molecule has 2 fully saturated rings. The van der Waals surface area contributed by atoms with Gasteiger partial charge in [-0.05, 0) is 37.5 Å². The molecule has 0 unspecified atom stereocenters. The smallest absolute Gasteiger partial charge is 0.113 e. The lowest BCUT2D eigenvalue weighted by Gasteiger charge is -2.40. The standard InChI is InChI=1S/C15H27F/c1-2-6-13-7-9-14(10-8-13)15(16)11-4-3-5-12-15/h13-14H,2-12H2,1H3. The van der Waals surface area contributed by atoms with Gasteiger partial charge in [-0.25, -0.2) is 4.39 Å². The van der Waals surface area contributed by atoms with Crippen molar-refractivity contribution in [3.8, 4) is 0 Å². The van der Waals surface area contributed by atoms with E-state index in [0.717, 1.165) is 31.6 Å². The van der Waals surface area contributed by atoms with Crippen molar-refractivity contribution in [2.24, 2.45) is 11.8 Å². The van der Waals surface area contributed by atoms with E-state index in [-0.39, 0.29) is 0 Å². The predicted octanol–water partition coefficient (Wildman–Crippen LogP) is 5.27. The van der Waals surface area contributed by atoms with Crippen LogP contribution in [0.5, 0.6) is 0 Å². The second-order valence-corrected chi connectivity index (χ2v) is 6.10. The van der Waals surface area contributed by atoms with Crippen molar-refractivity contribution in [1.82, 2.24) is 0 Å². The van der Waals surface area contributed by atoms with Crippen LogP contribution in [0.2, 0.25) is 0 Å². The number of alkyl halides is 1. The summed E-state index contributed by atoms with van der Waals surface area (Å²) >= 11 is 0. The van der Waals surface area contributed by atoms with Gasteiger partial charge in [0.15, 0.2) is 0 Å². The third-order valence-corrected chi connectivity index (χ3v) is 4.96. The second-order valence-electron chi connectivity index (χ2n) is 6.10. The van der Waals surface area contributed by atoms with Crippen molar-refractivity contribution in [1.29, 1.82) is 0 Å². The molecule has 0 saturated heterocycles. The SMILES string of the molecule is CCCC1CCC(C2(F)CCCCC2)CC1. The van der Waals surface area contributed by atoms with Gasteiger partial charge in [-0.2, -0.15) is 0 Å². The van der Waals surface area contributed by atoms with Crippen molar-refractivity contribution >= 4 is 0 Å². The average molecular weight is 226 g/mol. The molecule has 0 N–H and O–H groups in total. The van der Waals surface area contributed by atoms with Gasteiger partial charge in [-0.3, -0.25) is 0 Å². The molecule has 0 atom stereocenters. The molecule has 2 aliphatic carbocycles. The maximum Gasteiger partial charge on any atom is 0.113 e. The molecule has 2 aliphatic rings. The highest BCUT2D eigenvalue weighted by Crippen LogP contribution is 2.45. The quantitative estimate of drug-likeness (QED) is 0.615. The van der Waals surface area contributed by atoms with Gasteiger partial charge in [-0.1, -0.05) is 51.9 Å². The Morgan fingerprint density at radius 3 is 2.19 bits per heavy atom. The summed E-state index contributed by atoms with van der Waals surface area (Å²) in [7, 11) is 0. The average Bonchev–Trinajstić information content (AvgIpc) is 2.31. The van der Waals surface area contributed by atoms with Gasteiger partial charge in [0.1, 0.15) is 5.67 Å². The van der Waals surface area contributed by atoms with Crippen LogP contribution in [0.15, 0.2) is 0 Å². The number of rotatable bonds is 3. The molecule has 0 spiro atoms. The van der Waals surface area contributed by atoms with Crippen LogP contribution in [-0.2, 0) is 0 Å². The number of halogens is 1. The van der Waals surface area contributed by atoms with Gasteiger partial charge in [0, 0.05) is 0 Å². The monoisotopic (exact) mass is 226 g/mol. The third-order valence-electron chi connectivity index (χ3n) is 4.96. The van der Waals surface area contributed by atoms with Gasteiger partial charge < -0.3 is 0 Å². The van der Waals surface area contributed by atoms with Crippen molar-refractivity contribution in [2.45, 2.75) is 83.2 Å². The fourth-order valence-corrected chi connectivity index (χ4v) is 3.92. The van der Waals surface area contributed by atoms with Crippen LogP contribution in [0.3, 0.4) is 0 Å². The Bertz CT molecular complexity index is 197. The molecule has 0 amide bonds. The Hall–Kier alpha value is -0.0700. The van der Waals surface area contributed by atoms with Crippen molar-refractivity contribution < 1.29 is 4.39 Å². The summed E-state index contributed by atoms with van der Waals surface area (Å²) in [6.45, 7) is 2.27. The maximum absolute atomic E-state index is 14.8. The number of hydrogen-bond acceptors (Lipinski definition) is 0. The maximum atomic E-state index is 14.8. The predicted molar refractivity (Wildman–Crippen MR) is 67.3 cm³/mol. The topological polar surface area (TPSA) is 0 Å². The summed E-state index contributed by atoms with van der Waals surface area (Å²) < 4.78 is 14.8.